The Balaban J connectivity index is 1.82. The predicted molar refractivity (Wildman–Crippen MR) is 106 cm³/mol. The van der Waals surface area contributed by atoms with Crippen molar-refractivity contribution < 1.29 is 13.2 Å². The number of amides is 1. The predicted octanol–water partition coefficient (Wildman–Crippen LogP) is 3.37. The standard InChI is InChI=1S/C21H26N2O3S/c1-14(15-7-6-8-16(13-15)27(22,25)26)23-20(24)18-11-12-21(2,3)19-10-5-4-9-17(18)19/h4-10,13-14,18H,11-12H2,1-3H3,(H,23,24)(H2,22,25,26)/t14-,18-/m0/s1. The zero-order chi connectivity index (χ0) is 19.8. The number of rotatable bonds is 4. The minimum atomic E-state index is -3.77. The van der Waals surface area contributed by atoms with E-state index in [0.717, 1.165) is 18.4 Å². The van der Waals surface area contributed by atoms with Crippen molar-refractivity contribution in [3.8, 4) is 0 Å². The molecular weight excluding hydrogens is 360 g/mol. The first kappa shape index (κ1) is 19.6. The van der Waals surface area contributed by atoms with Crippen LogP contribution in [0.25, 0.3) is 0 Å². The van der Waals surface area contributed by atoms with E-state index in [4.69, 9.17) is 5.14 Å². The van der Waals surface area contributed by atoms with Crippen molar-refractivity contribution in [3.63, 3.8) is 0 Å². The number of nitrogens with two attached hydrogens (primary N) is 1. The number of carbonyl (C=O) groups is 1. The summed E-state index contributed by atoms with van der Waals surface area (Å²) in [6.45, 7) is 6.27. The number of carbonyl (C=O) groups excluding carboxylic acids is 1. The number of sulfonamides is 1. The molecule has 3 rings (SSSR count). The fourth-order valence-corrected chi connectivity index (χ4v) is 4.41. The molecule has 0 fully saturated rings. The maximum Gasteiger partial charge on any atom is 0.238 e. The number of nitrogens with one attached hydrogen (secondary N) is 1. The average molecular weight is 387 g/mol. The van der Waals surface area contributed by atoms with E-state index in [0.29, 0.717) is 5.56 Å². The number of hydrogen-bond donors (Lipinski definition) is 2. The van der Waals surface area contributed by atoms with Crippen molar-refractivity contribution in [1.82, 2.24) is 5.32 Å². The fraction of sp³-hybridized carbons (Fsp3) is 0.381. The van der Waals surface area contributed by atoms with Gasteiger partial charge in [-0.2, -0.15) is 0 Å². The topological polar surface area (TPSA) is 89.3 Å². The van der Waals surface area contributed by atoms with Crippen LogP contribution in [0.5, 0.6) is 0 Å². The van der Waals surface area contributed by atoms with Crippen molar-refractivity contribution >= 4 is 15.9 Å². The van der Waals surface area contributed by atoms with Crippen LogP contribution >= 0.6 is 0 Å². The normalized spacial score (nSPS) is 19.8. The van der Waals surface area contributed by atoms with Crippen molar-refractivity contribution in [2.45, 2.75) is 55.9 Å². The number of benzene rings is 2. The molecule has 0 aliphatic heterocycles. The lowest BCUT2D eigenvalue weighted by molar-refractivity contribution is -0.123. The van der Waals surface area contributed by atoms with Gasteiger partial charge < -0.3 is 5.32 Å². The summed E-state index contributed by atoms with van der Waals surface area (Å²) in [7, 11) is -3.77. The zero-order valence-corrected chi connectivity index (χ0v) is 16.7. The van der Waals surface area contributed by atoms with Crippen LogP contribution in [0.1, 0.15) is 62.3 Å². The third-order valence-corrected chi connectivity index (χ3v) is 6.40. The summed E-state index contributed by atoms with van der Waals surface area (Å²) in [5.74, 6) is -0.232. The molecule has 0 spiro atoms. The maximum atomic E-state index is 13.0. The number of primary sulfonamides is 1. The SMILES string of the molecule is C[C@H](NC(=O)[C@H]1CCC(C)(C)c2ccccc21)c1cccc(S(N)(=O)=O)c1. The quantitative estimate of drug-likeness (QED) is 0.844. The van der Waals surface area contributed by atoms with Gasteiger partial charge in [0.25, 0.3) is 0 Å². The molecule has 0 saturated carbocycles. The van der Waals surface area contributed by atoms with Gasteiger partial charge in [-0.25, -0.2) is 13.6 Å². The highest BCUT2D eigenvalue weighted by atomic mass is 32.2. The largest absolute Gasteiger partial charge is 0.349 e. The molecule has 6 heteroatoms. The minimum Gasteiger partial charge on any atom is -0.349 e. The second-order valence-electron chi connectivity index (χ2n) is 7.91. The van der Waals surface area contributed by atoms with E-state index in [1.807, 2.05) is 25.1 Å². The molecule has 2 aromatic carbocycles. The lowest BCUT2D eigenvalue weighted by atomic mass is 9.68. The van der Waals surface area contributed by atoms with Crippen LogP contribution in [0.15, 0.2) is 53.4 Å². The average Bonchev–Trinajstić information content (AvgIpc) is 2.61. The first-order chi connectivity index (χ1) is 12.6. The first-order valence-electron chi connectivity index (χ1n) is 9.12. The van der Waals surface area contributed by atoms with Crippen molar-refractivity contribution in [2.24, 2.45) is 5.14 Å². The van der Waals surface area contributed by atoms with Crippen LogP contribution in [0.4, 0.5) is 0 Å². The van der Waals surface area contributed by atoms with E-state index in [-0.39, 0.29) is 28.2 Å². The van der Waals surface area contributed by atoms with Crippen LogP contribution in [0, 0.1) is 0 Å². The highest BCUT2D eigenvalue weighted by Gasteiger charge is 2.35. The Morgan fingerprint density at radius 1 is 1.19 bits per heavy atom. The molecule has 0 aromatic heterocycles. The van der Waals surface area contributed by atoms with E-state index < -0.39 is 10.0 Å². The fourth-order valence-electron chi connectivity index (χ4n) is 3.84. The van der Waals surface area contributed by atoms with Crippen LogP contribution in [-0.4, -0.2) is 14.3 Å². The molecule has 144 valence electrons. The van der Waals surface area contributed by atoms with E-state index in [9.17, 15) is 13.2 Å². The molecule has 3 N–H and O–H groups in total. The molecule has 1 amide bonds. The van der Waals surface area contributed by atoms with Crippen LogP contribution in [0.2, 0.25) is 0 Å². The maximum absolute atomic E-state index is 13.0. The second kappa shape index (κ2) is 7.09. The molecule has 0 unspecified atom stereocenters. The van der Waals surface area contributed by atoms with Crippen molar-refractivity contribution in [1.29, 1.82) is 0 Å². The minimum absolute atomic E-state index is 0.0357. The van der Waals surface area contributed by atoms with Gasteiger partial charge in [0.1, 0.15) is 0 Å². The summed E-state index contributed by atoms with van der Waals surface area (Å²) in [5, 5.41) is 8.25. The number of fused-ring (bicyclic) bond motifs is 1. The molecule has 0 saturated heterocycles. The van der Waals surface area contributed by atoms with E-state index in [2.05, 4.69) is 25.2 Å². The molecule has 0 heterocycles. The monoisotopic (exact) mass is 386 g/mol. The molecule has 2 aromatic rings. The molecule has 0 radical (unpaired) electrons. The van der Waals surface area contributed by atoms with Gasteiger partial charge in [-0.05, 0) is 54.0 Å². The van der Waals surface area contributed by atoms with Crippen LogP contribution in [0.3, 0.4) is 0 Å². The van der Waals surface area contributed by atoms with E-state index >= 15 is 0 Å². The molecule has 2 atom stereocenters. The van der Waals surface area contributed by atoms with Gasteiger partial charge in [-0.3, -0.25) is 4.79 Å². The molecule has 27 heavy (non-hydrogen) atoms. The number of hydrogen-bond acceptors (Lipinski definition) is 3. The molecular formula is C21H26N2O3S. The highest BCUT2D eigenvalue weighted by molar-refractivity contribution is 7.89. The summed E-state index contributed by atoms with van der Waals surface area (Å²) in [5.41, 5.74) is 3.07. The van der Waals surface area contributed by atoms with Gasteiger partial charge in [-0.1, -0.05) is 50.2 Å². The Kier molecular flexibility index (Phi) is 5.14. The Labute approximate surface area is 161 Å². The summed E-state index contributed by atoms with van der Waals surface area (Å²) in [6, 6.07) is 14.2. The lowest BCUT2D eigenvalue weighted by Crippen LogP contribution is -2.36. The highest BCUT2D eigenvalue weighted by Crippen LogP contribution is 2.42. The van der Waals surface area contributed by atoms with Crippen molar-refractivity contribution in [3.05, 3.63) is 65.2 Å². The van der Waals surface area contributed by atoms with Crippen LogP contribution < -0.4 is 10.5 Å². The Morgan fingerprint density at radius 3 is 2.59 bits per heavy atom. The van der Waals surface area contributed by atoms with E-state index in [1.54, 1.807) is 12.1 Å². The zero-order valence-electron chi connectivity index (χ0n) is 15.9. The van der Waals surface area contributed by atoms with Crippen LogP contribution in [-0.2, 0) is 20.2 Å². The molecule has 1 aliphatic rings. The summed E-state index contributed by atoms with van der Waals surface area (Å²) in [4.78, 5) is 13.0. The second-order valence-corrected chi connectivity index (χ2v) is 9.47. The van der Waals surface area contributed by atoms with Gasteiger partial charge in [0.05, 0.1) is 16.9 Å². The third kappa shape index (κ3) is 4.06. The van der Waals surface area contributed by atoms with Gasteiger partial charge in [0.15, 0.2) is 0 Å². The van der Waals surface area contributed by atoms with E-state index in [1.165, 1.54) is 17.7 Å². The lowest BCUT2D eigenvalue weighted by Gasteiger charge is -2.36. The molecule has 0 bridgehead atoms. The first-order valence-corrected chi connectivity index (χ1v) is 10.7. The summed E-state index contributed by atoms with van der Waals surface area (Å²) >= 11 is 0. The Morgan fingerprint density at radius 2 is 1.89 bits per heavy atom. The third-order valence-electron chi connectivity index (χ3n) is 5.49. The van der Waals surface area contributed by atoms with Gasteiger partial charge >= 0.3 is 0 Å². The summed E-state index contributed by atoms with van der Waals surface area (Å²) < 4.78 is 23.1. The smallest absolute Gasteiger partial charge is 0.238 e. The Bertz CT molecular complexity index is 967. The Hall–Kier alpha value is -2.18. The van der Waals surface area contributed by atoms with Gasteiger partial charge in [0, 0.05) is 0 Å². The van der Waals surface area contributed by atoms with Gasteiger partial charge in [0.2, 0.25) is 15.9 Å². The van der Waals surface area contributed by atoms with Gasteiger partial charge in [-0.15, -0.1) is 0 Å². The molecule has 5 nitrogen and oxygen atoms in total. The molecule has 1 aliphatic carbocycles. The summed E-state index contributed by atoms with van der Waals surface area (Å²) in [6.07, 6.45) is 1.73. The van der Waals surface area contributed by atoms with Crippen molar-refractivity contribution in [2.75, 3.05) is 0 Å².